The monoisotopic (exact) mass is 206 g/mol. The first-order valence-electron chi connectivity index (χ1n) is 4.64. The van der Waals surface area contributed by atoms with E-state index in [0.717, 1.165) is 5.56 Å². The minimum Gasteiger partial charge on any atom is -0.356 e. The molecule has 1 heterocycles. The Morgan fingerprint density at radius 1 is 1.40 bits per heavy atom. The Balaban J connectivity index is 2.59. The van der Waals surface area contributed by atoms with Crippen molar-refractivity contribution in [2.45, 2.75) is 13.5 Å². The van der Waals surface area contributed by atoms with Crippen LogP contribution in [0.4, 0.5) is 4.39 Å². The zero-order chi connectivity index (χ0) is 10.8. The van der Waals surface area contributed by atoms with E-state index in [1.165, 1.54) is 6.07 Å². The minimum absolute atomic E-state index is 0.291. The molecule has 0 radical (unpaired) electrons. The molecule has 4 heteroatoms. The Labute approximate surface area is 86.7 Å². The molecule has 0 saturated heterocycles. The maximum Gasteiger partial charge on any atom is 0.174 e. The molecule has 0 atom stereocenters. The van der Waals surface area contributed by atoms with Crippen molar-refractivity contribution in [1.82, 2.24) is 5.16 Å². The van der Waals surface area contributed by atoms with Gasteiger partial charge < -0.3 is 10.3 Å². The van der Waals surface area contributed by atoms with Crippen molar-refractivity contribution in [2.75, 3.05) is 0 Å². The fraction of sp³-hybridized carbons (Fsp3) is 0.182. The molecule has 0 aliphatic rings. The van der Waals surface area contributed by atoms with Crippen molar-refractivity contribution in [3.63, 3.8) is 0 Å². The summed E-state index contributed by atoms with van der Waals surface area (Å²) in [6.07, 6.45) is 0. The second-order valence-corrected chi connectivity index (χ2v) is 3.26. The summed E-state index contributed by atoms with van der Waals surface area (Å²) in [6.45, 7) is 2.08. The summed E-state index contributed by atoms with van der Waals surface area (Å²) in [4.78, 5) is 0. The Bertz CT molecular complexity index is 479. The van der Waals surface area contributed by atoms with E-state index in [1.54, 1.807) is 25.1 Å². The number of benzene rings is 1. The molecule has 0 fully saturated rings. The van der Waals surface area contributed by atoms with E-state index in [9.17, 15) is 4.39 Å². The van der Waals surface area contributed by atoms with Gasteiger partial charge in [0.15, 0.2) is 5.76 Å². The second kappa shape index (κ2) is 3.82. The predicted molar refractivity (Wildman–Crippen MR) is 54.5 cm³/mol. The molecule has 0 spiro atoms. The van der Waals surface area contributed by atoms with Gasteiger partial charge in [-0.15, -0.1) is 0 Å². The number of hydrogen-bond donors (Lipinski definition) is 1. The lowest BCUT2D eigenvalue weighted by Gasteiger charge is -2.00. The lowest BCUT2D eigenvalue weighted by Crippen LogP contribution is -1.99. The van der Waals surface area contributed by atoms with Gasteiger partial charge in [0, 0.05) is 12.1 Å². The van der Waals surface area contributed by atoms with E-state index in [0.29, 0.717) is 23.6 Å². The molecule has 0 bridgehead atoms. The SMILES string of the molecule is Cc1noc(-c2ccccc2F)c1CN. The molecule has 78 valence electrons. The van der Waals surface area contributed by atoms with Gasteiger partial charge >= 0.3 is 0 Å². The predicted octanol–water partition coefficient (Wildman–Crippen LogP) is 2.25. The number of aryl methyl sites for hydroxylation is 1. The molecule has 0 aliphatic heterocycles. The van der Waals surface area contributed by atoms with Gasteiger partial charge in [-0.25, -0.2) is 4.39 Å². The Morgan fingerprint density at radius 2 is 2.13 bits per heavy atom. The van der Waals surface area contributed by atoms with Gasteiger partial charge in [-0.05, 0) is 19.1 Å². The van der Waals surface area contributed by atoms with Gasteiger partial charge in [-0.1, -0.05) is 17.3 Å². The normalized spacial score (nSPS) is 10.6. The zero-order valence-corrected chi connectivity index (χ0v) is 8.33. The molecule has 0 unspecified atom stereocenters. The van der Waals surface area contributed by atoms with Crippen LogP contribution in [0.2, 0.25) is 0 Å². The first kappa shape index (κ1) is 9.86. The fourth-order valence-corrected chi connectivity index (χ4v) is 1.49. The highest BCUT2D eigenvalue weighted by Gasteiger charge is 2.16. The fourth-order valence-electron chi connectivity index (χ4n) is 1.49. The summed E-state index contributed by atoms with van der Waals surface area (Å²) < 4.78 is 18.6. The zero-order valence-electron chi connectivity index (χ0n) is 8.33. The molecule has 2 aromatic rings. The van der Waals surface area contributed by atoms with Crippen LogP contribution in [0.1, 0.15) is 11.3 Å². The molecule has 1 aromatic heterocycles. The molecule has 2 rings (SSSR count). The van der Waals surface area contributed by atoms with E-state index in [-0.39, 0.29) is 5.82 Å². The highest BCUT2D eigenvalue weighted by molar-refractivity contribution is 5.62. The van der Waals surface area contributed by atoms with Gasteiger partial charge in [-0.2, -0.15) is 0 Å². The molecule has 0 aliphatic carbocycles. The van der Waals surface area contributed by atoms with Gasteiger partial charge in [-0.3, -0.25) is 0 Å². The van der Waals surface area contributed by atoms with Crippen molar-refractivity contribution < 1.29 is 8.91 Å². The molecule has 15 heavy (non-hydrogen) atoms. The number of halogens is 1. The van der Waals surface area contributed by atoms with Crippen molar-refractivity contribution >= 4 is 0 Å². The maximum atomic E-state index is 13.5. The van der Waals surface area contributed by atoms with Crippen molar-refractivity contribution in [1.29, 1.82) is 0 Å². The highest BCUT2D eigenvalue weighted by atomic mass is 19.1. The lowest BCUT2D eigenvalue weighted by atomic mass is 10.1. The number of aromatic nitrogens is 1. The third kappa shape index (κ3) is 1.64. The molecular formula is C11H11FN2O. The molecule has 2 N–H and O–H groups in total. The number of nitrogens with zero attached hydrogens (tertiary/aromatic N) is 1. The Kier molecular flexibility index (Phi) is 2.51. The van der Waals surface area contributed by atoms with E-state index in [4.69, 9.17) is 10.3 Å². The smallest absolute Gasteiger partial charge is 0.174 e. The van der Waals surface area contributed by atoms with Gasteiger partial charge in [0.2, 0.25) is 0 Å². The van der Waals surface area contributed by atoms with Crippen molar-refractivity contribution in [3.05, 3.63) is 41.3 Å². The average Bonchev–Trinajstić information content (AvgIpc) is 2.60. The van der Waals surface area contributed by atoms with Crippen LogP contribution >= 0.6 is 0 Å². The molecule has 0 amide bonds. The van der Waals surface area contributed by atoms with E-state index >= 15 is 0 Å². The molecule has 1 aromatic carbocycles. The van der Waals surface area contributed by atoms with Crippen LogP contribution in [0, 0.1) is 12.7 Å². The number of hydrogen-bond acceptors (Lipinski definition) is 3. The van der Waals surface area contributed by atoms with Gasteiger partial charge in [0.25, 0.3) is 0 Å². The van der Waals surface area contributed by atoms with Crippen LogP contribution in [0.25, 0.3) is 11.3 Å². The van der Waals surface area contributed by atoms with Crippen LogP contribution < -0.4 is 5.73 Å². The van der Waals surface area contributed by atoms with E-state index in [2.05, 4.69) is 5.16 Å². The third-order valence-electron chi connectivity index (χ3n) is 2.31. The van der Waals surface area contributed by atoms with Crippen LogP contribution in [0.3, 0.4) is 0 Å². The second-order valence-electron chi connectivity index (χ2n) is 3.26. The quantitative estimate of drug-likeness (QED) is 0.819. The van der Waals surface area contributed by atoms with E-state index < -0.39 is 0 Å². The van der Waals surface area contributed by atoms with Crippen molar-refractivity contribution in [3.8, 4) is 11.3 Å². The first-order valence-corrected chi connectivity index (χ1v) is 4.64. The maximum absolute atomic E-state index is 13.5. The van der Waals surface area contributed by atoms with Crippen LogP contribution in [0.5, 0.6) is 0 Å². The van der Waals surface area contributed by atoms with Crippen LogP contribution in [0.15, 0.2) is 28.8 Å². The standard InChI is InChI=1S/C11H11FN2O/c1-7-9(6-13)11(15-14-7)8-4-2-3-5-10(8)12/h2-5H,6,13H2,1H3. The molecule has 0 saturated carbocycles. The molecule has 3 nitrogen and oxygen atoms in total. The Morgan fingerprint density at radius 3 is 2.80 bits per heavy atom. The summed E-state index contributed by atoms with van der Waals surface area (Å²) in [7, 11) is 0. The van der Waals surface area contributed by atoms with Gasteiger partial charge in [0.05, 0.1) is 11.3 Å². The summed E-state index contributed by atoms with van der Waals surface area (Å²) in [5, 5.41) is 3.78. The number of nitrogens with two attached hydrogens (primary N) is 1. The van der Waals surface area contributed by atoms with Crippen LogP contribution in [-0.4, -0.2) is 5.16 Å². The minimum atomic E-state index is -0.330. The van der Waals surface area contributed by atoms with Crippen LogP contribution in [-0.2, 0) is 6.54 Å². The summed E-state index contributed by atoms with van der Waals surface area (Å²) in [6, 6.07) is 6.41. The third-order valence-corrected chi connectivity index (χ3v) is 2.31. The largest absolute Gasteiger partial charge is 0.356 e. The average molecular weight is 206 g/mol. The molecular weight excluding hydrogens is 195 g/mol. The van der Waals surface area contributed by atoms with Crippen molar-refractivity contribution in [2.24, 2.45) is 5.73 Å². The summed E-state index contributed by atoms with van der Waals surface area (Å²) in [5.74, 6) is 0.0939. The summed E-state index contributed by atoms with van der Waals surface area (Å²) >= 11 is 0. The lowest BCUT2D eigenvalue weighted by molar-refractivity contribution is 0.424. The Hall–Kier alpha value is -1.68. The topological polar surface area (TPSA) is 52.0 Å². The number of rotatable bonds is 2. The van der Waals surface area contributed by atoms with Gasteiger partial charge in [0.1, 0.15) is 5.82 Å². The highest BCUT2D eigenvalue weighted by Crippen LogP contribution is 2.27. The van der Waals surface area contributed by atoms with E-state index in [1.807, 2.05) is 0 Å². The summed E-state index contributed by atoms with van der Waals surface area (Å²) in [5.41, 5.74) is 7.42. The first-order chi connectivity index (χ1) is 7.24.